The lowest BCUT2D eigenvalue weighted by Crippen LogP contribution is -2.20. The number of hydrogen-bond donors (Lipinski definition) is 1. The molecule has 0 aliphatic heterocycles. The minimum atomic E-state index is -4.50. The number of carbonyl (C=O) groups is 2. The van der Waals surface area contributed by atoms with Crippen molar-refractivity contribution in [3.05, 3.63) is 65.7 Å². The van der Waals surface area contributed by atoms with E-state index in [0.29, 0.717) is 5.69 Å². The van der Waals surface area contributed by atoms with Gasteiger partial charge in [-0.25, -0.2) is 13.2 Å². The molecule has 6 nitrogen and oxygen atoms in total. The summed E-state index contributed by atoms with van der Waals surface area (Å²) in [7, 11) is -3.36. The fourth-order valence-electron chi connectivity index (χ4n) is 2.15. The average Bonchev–Trinajstić information content (AvgIpc) is 2.64. The number of hydrogen-bond acceptors (Lipinski definition) is 5. The van der Waals surface area contributed by atoms with Gasteiger partial charge in [0.1, 0.15) is 0 Å². The van der Waals surface area contributed by atoms with Crippen LogP contribution in [0, 0.1) is 0 Å². The van der Waals surface area contributed by atoms with Crippen LogP contribution in [0.4, 0.5) is 18.9 Å². The van der Waals surface area contributed by atoms with E-state index in [4.69, 9.17) is 4.74 Å². The predicted octanol–water partition coefficient (Wildman–Crippen LogP) is 3.30. The van der Waals surface area contributed by atoms with E-state index < -0.39 is 40.1 Å². The maximum Gasteiger partial charge on any atom is 0.416 e. The van der Waals surface area contributed by atoms with Crippen molar-refractivity contribution >= 4 is 33.5 Å². The molecule has 0 aliphatic rings. The third-order valence-electron chi connectivity index (χ3n) is 3.54. The Hall–Kier alpha value is -3.14. The zero-order valence-corrected chi connectivity index (χ0v) is 15.9. The van der Waals surface area contributed by atoms with Crippen molar-refractivity contribution < 1.29 is 35.9 Å². The molecule has 0 aromatic heterocycles. The van der Waals surface area contributed by atoms with Crippen molar-refractivity contribution in [2.24, 2.45) is 0 Å². The monoisotopic (exact) mass is 427 g/mol. The molecule has 0 saturated heterocycles. The highest BCUT2D eigenvalue weighted by atomic mass is 32.2. The van der Waals surface area contributed by atoms with Crippen molar-refractivity contribution in [1.29, 1.82) is 0 Å². The fourth-order valence-corrected chi connectivity index (χ4v) is 2.78. The molecule has 0 spiro atoms. The molecule has 1 N–H and O–H groups in total. The molecule has 2 aromatic carbocycles. The van der Waals surface area contributed by atoms with Gasteiger partial charge in [-0.1, -0.05) is 12.1 Å². The molecule has 0 fully saturated rings. The van der Waals surface area contributed by atoms with Crippen molar-refractivity contribution in [2.75, 3.05) is 18.2 Å². The van der Waals surface area contributed by atoms with Crippen LogP contribution in [0.2, 0.25) is 0 Å². The topological polar surface area (TPSA) is 89.5 Å². The first-order chi connectivity index (χ1) is 13.4. The zero-order valence-electron chi connectivity index (χ0n) is 15.1. The molecular formula is C19H16F3NO5S. The van der Waals surface area contributed by atoms with Crippen molar-refractivity contribution in [2.45, 2.75) is 11.1 Å². The van der Waals surface area contributed by atoms with E-state index in [2.05, 4.69) is 5.32 Å². The molecule has 29 heavy (non-hydrogen) atoms. The zero-order chi connectivity index (χ0) is 21.7. The van der Waals surface area contributed by atoms with Crippen LogP contribution in [0.25, 0.3) is 6.08 Å². The molecule has 154 valence electrons. The molecular weight excluding hydrogens is 411 g/mol. The van der Waals surface area contributed by atoms with E-state index in [0.717, 1.165) is 30.5 Å². The van der Waals surface area contributed by atoms with E-state index >= 15 is 0 Å². The smallest absolute Gasteiger partial charge is 0.416 e. The normalized spacial score (nSPS) is 12.0. The van der Waals surface area contributed by atoms with Crippen LogP contribution < -0.4 is 5.32 Å². The van der Waals surface area contributed by atoms with Gasteiger partial charge in [0.25, 0.3) is 5.91 Å². The summed E-state index contributed by atoms with van der Waals surface area (Å²) in [5, 5.41) is 2.41. The van der Waals surface area contributed by atoms with Crippen LogP contribution in [-0.4, -0.2) is 33.2 Å². The highest BCUT2D eigenvalue weighted by molar-refractivity contribution is 7.90. The summed E-state index contributed by atoms with van der Waals surface area (Å²) in [5.41, 5.74) is -0.403. The number of amides is 1. The molecule has 0 aliphatic carbocycles. The number of alkyl halides is 3. The SMILES string of the molecule is CS(=O)(=O)c1ccc(NC(=O)COC(=O)/C=C/c2cccc(C(F)(F)F)c2)cc1. The lowest BCUT2D eigenvalue weighted by Gasteiger charge is -2.07. The lowest BCUT2D eigenvalue weighted by molar-refractivity contribution is -0.142. The van der Waals surface area contributed by atoms with Gasteiger partial charge in [-0.2, -0.15) is 13.2 Å². The van der Waals surface area contributed by atoms with E-state index in [1.165, 1.54) is 36.4 Å². The molecule has 0 bridgehead atoms. The molecule has 0 saturated carbocycles. The Bertz CT molecular complexity index is 1030. The van der Waals surface area contributed by atoms with Crippen LogP contribution in [0.5, 0.6) is 0 Å². The van der Waals surface area contributed by atoms with Crippen LogP contribution >= 0.6 is 0 Å². The van der Waals surface area contributed by atoms with Gasteiger partial charge in [-0.3, -0.25) is 4.79 Å². The van der Waals surface area contributed by atoms with Gasteiger partial charge in [-0.15, -0.1) is 0 Å². The largest absolute Gasteiger partial charge is 0.452 e. The van der Waals surface area contributed by atoms with Crippen LogP contribution in [-0.2, 0) is 30.3 Å². The van der Waals surface area contributed by atoms with E-state index in [1.54, 1.807) is 0 Å². The number of nitrogens with one attached hydrogen (secondary N) is 1. The van der Waals surface area contributed by atoms with Gasteiger partial charge >= 0.3 is 12.1 Å². The Labute approximate surface area is 164 Å². The third kappa shape index (κ3) is 7.07. The number of halogens is 3. The Balaban J connectivity index is 1.87. The number of benzene rings is 2. The molecule has 0 heterocycles. The minimum absolute atomic E-state index is 0.0849. The summed E-state index contributed by atoms with van der Waals surface area (Å²) in [6.07, 6.45) is -1.40. The highest BCUT2D eigenvalue weighted by Gasteiger charge is 2.30. The maximum atomic E-state index is 12.6. The number of ether oxygens (including phenoxy) is 1. The maximum absolute atomic E-state index is 12.6. The standard InChI is InChI=1S/C19H16F3NO5S/c1-29(26,27)16-8-6-15(7-9-16)23-17(24)12-28-18(25)10-5-13-3-2-4-14(11-13)19(20,21)22/h2-11H,12H2,1H3,(H,23,24)/b10-5+. The Kier molecular flexibility index (Phi) is 6.80. The molecule has 2 rings (SSSR count). The molecule has 10 heteroatoms. The van der Waals surface area contributed by atoms with Crippen molar-refractivity contribution in [1.82, 2.24) is 0 Å². The Morgan fingerprint density at radius 1 is 1.10 bits per heavy atom. The first-order valence-electron chi connectivity index (χ1n) is 8.07. The van der Waals surface area contributed by atoms with Gasteiger partial charge in [-0.05, 0) is 48.0 Å². The second-order valence-corrected chi connectivity index (χ2v) is 7.92. The van der Waals surface area contributed by atoms with Gasteiger partial charge in [0.2, 0.25) is 0 Å². The van der Waals surface area contributed by atoms with Gasteiger partial charge in [0, 0.05) is 18.0 Å². The second kappa shape index (κ2) is 8.91. The summed E-state index contributed by atoms with van der Waals surface area (Å²) < 4.78 is 65.4. The quantitative estimate of drug-likeness (QED) is 0.564. The number of rotatable bonds is 6. The minimum Gasteiger partial charge on any atom is -0.452 e. The molecule has 0 radical (unpaired) electrons. The average molecular weight is 427 g/mol. The van der Waals surface area contributed by atoms with E-state index in [-0.39, 0.29) is 10.5 Å². The summed E-state index contributed by atoms with van der Waals surface area (Å²) >= 11 is 0. The number of esters is 1. The van der Waals surface area contributed by atoms with Crippen LogP contribution in [0.15, 0.2) is 59.5 Å². The summed E-state index contributed by atoms with van der Waals surface area (Å²) in [6, 6.07) is 9.75. The Morgan fingerprint density at radius 2 is 1.76 bits per heavy atom. The van der Waals surface area contributed by atoms with Gasteiger partial charge < -0.3 is 10.1 Å². The molecule has 1 amide bonds. The fraction of sp³-hybridized carbons (Fsp3) is 0.158. The number of anilines is 1. The number of carbonyl (C=O) groups excluding carboxylic acids is 2. The summed E-state index contributed by atoms with van der Waals surface area (Å²) in [5.74, 6) is -1.58. The van der Waals surface area contributed by atoms with E-state index in [9.17, 15) is 31.2 Å². The second-order valence-electron chi connectivity index (χ2n) is 5.91. The van der Waals surface area contributed by atoms with Gasteiger partial charge in [0.15, 0.2) is 16.4 Å². The lowest BCUT2D eigenvalue weighted by atomic mass is 10.1. The van der Waals surface area contributed by atoms with Crippen LogP contribution in [0.1, 0.15) is 11.1 Å². The van der Waals surface area contributed by atoms with Gasteiger partial charge in [0.05, 0.1) is 10.5 Å². The summed E-state index contributed by atoms with van der Waals surface area (Å²) in [6.45, 7) is -0.625. The number of sulfone groups is 1. The molecule has 0 atom stereocenters. The van der Waals surface area contributed by atoms with Crippen molar-refractivity contribution in [3.63, 3.8) is 0 Å². The third-order valence-corrected chi connectivity index (χ3v) is 4.67. The molecule has 2 aromatic rings. The van der Waals surface area contributed by atoms with Crippen LogP contribution in [0.3, 0.4) is 0 Å². The first-order valence-corrected chi connectivity index (χ1v) is 9.96. The Morgan fingerprint density at radius 3 is 2.34 bits per heavy atom. The molecule has 0 unspecified atom stereocenters. The summed E-state index contributed by atoms with van der Waals surface area (Å²) in [4.78, 5) is 23.5. The van der Waals surface area contributed by atoms with Crippen molar-refractivity contribution in [3.8, 4) is 0 Å². The van der Waals surface area contributed by atoms with E-state index in [1.807, 2.05) is 0 Å². The predicted molar refractivity (Wildman–Crippen MR) is 99.6 cm³/mol. The highest BCUT2D eigenvalue weighted by Crippen LogP contribution is 2.29. The first kappa shape index (κ1) is 22.2.